The molecule has 1 aliphatic rings. The molecule has 2 heteroatoms. The molecule has 0 unspecified atom stereocenters. The first-order chi connectivity index (χ1) is 6.36. The summed E-state index contributed by atoms with van der Waals surface area (Å²) >= 11 is 0. The molecule has 0 aromatic heterocycles. The van der Waals surface area contributed by atoms with Crippen molar-refractivity contribution in [1.82, 2.24) is 5.32 Å². The van der Waals surface area contributed by atoms with Gasteiger partial charge in [0.05, 0.1) is 6.61 Å². The molecule has 70 valence electrons. The maximum atomic E-state index is 5.64. The second-order valence-electron chi connectivity index (χ2n) is 3.49. The Hall–Kier alpha value is -1.02. The largest absolute Gasteiger partial charge is 0.493 e. The molecular weight excluding hydrogens is 162 g/mol. The fourth-order valence-corrected chi connectivity index (χ4v) is 1.59. The van der Waals surface area contributed by atoms with E-state index < -0.39 is 0 Å². The standard InChI is InChI=1S/C11H15NO/c1-9-3-4-11-10(7-9)8-12-5-2-6-13-11/h3-4,7,12H,2,5-6,8H2,1H3. The summed E-state index contributed by atoms with van der Waals surface area (Å²) in [6.45, 7) is 4.91. The quantitative estimate of drug-likeness (QED) is 0.653. The molecule has 1 aliphatic heterocycles. The number of hydrogen-bond donors (Lipinski definition) is 1. The first-order valence-corrected chi connectivity index (χ1v) is 4.79. The van der Waals surface area contributed by atoms with E-state index >= 15 is 0 Å². The van der Waals surface area contributed by atoms with Crippen molar-refractivity contribution >= 4 is 0 Å². The number of aryl methyl sites for hydroxylation is 1. The Morgan fingerprint density at radius 1 is 1.38 bits per heavy atom. The third-order valence-electron chi connectivity index (χ3n) is 2.29. The smallest absolute Gasteiger partial charge is 0.123 e. The Morgan fingerprint density at radius 2 is 2.31 bits per heavy atom. The summed E-state index contributed by atoms with van der Waals surface area (Å²) in [6.07, 6.45) is 1.09. The van der Waals surface area contributed by atoms with Crippen molar-refractivity contribution in [2.24, 2.45) is 0 Å². The Morgan fingerprint density at radius 3 is 3.23 bits per heavy atom. The average molecular weight is 177 g/mol. The summed E-state index contributed by atoms with van der Waals surface area (Å²) in [5.41, 5.74) is 2.57. The van der Waals surface area contributed by atoms with Crippen molar-refractivity contribution in [3.63, 3.8) is 0 Å². The number of rotatable bonds is 0. The molecule has 0 spiro atoms. The van der Waals surface area contributed by atoms with E-state index in [2.05, 4.69) is 30.4 Å². The predicted octanol–water partition coefficient (Wildman–Crippen LogP) is 1.87. The molecule has 0 fully saturated rings. The van der Waals surface area contributed by atoms with Gasteiger partial charge in [-0.15, -0.1) is 0 Å². The molecular formula is C11H15NO. The van der Waals surface area contributed by atoms with Crippen molar-refractivity contribution in [2.75, 3.05) is 13.2 Å². The van der Waals surface area contributed by atoms with E-state index in [1.165, 1.54) is 11.1 Å². The van der Waals surface area contributed by atoms with Gasteiger partial charge in [0.15, 0.2) is 0 Å². The molecule has 13 heavy (non-hydrogen) atoms. The van der Waals surface area contributed by atoms with Crippen LogP contribution in [0.1, 0.15) is 17.5 Å². The lowest BCUT2D eigenvalue weighted by atomic mass is 10.1. The van der Waals surface area contributed by atoms with Crippen molar-refractivity contribution in [1.29, 1.82) is 0 Å². The fourth-order valence-electron chi connectivity index (χ4n) is 1.59. The Kier molecular flexibility index (Phi) is 2.50. The van der Waals surface area contributed by atoms with Crippen molar-refractivity contribution < 1.29 is 4.74 Å². The van der Waals surface area contributed by atoms with Crippen LogP contribution in [-0.4, -0.2) is 13.2 Å². The number of benzene rings is 1. The van der Waals surface area contributed by atoms with Crippen LogP contribution >= 0.6 is 0 Å². The lowest BCUT2D eigenvalue weighted by Gasteiger charge is -2.16. The monoisotopic (exact) mass is 177 g/mol. The van der Waals surface area contributed by atoms with E-state index in [1.807, 2.05) is 0 Å². The van der Waals surface area contributed by atoms with Crippen LogP contribution in [0.2, 0.25) is 0 Å². The second-order valence-corrected chi connectivity index (χ2v) is 3.49. The van der Waals surface area contributed by atoms with Crippen LogP contribution in [0.25, 0.3) is 0 Å². The maximum absolute atomic E-state index is 5.64. The third kappa shape index (κ3) is 2.01. The van der Waals surface area contributed by atoms with Crippen LogP contribution in [0.5, 0.6) is 5.75 Å². The van der Waals surface area contributed by atoms with E-state index in [1.54, 1.807) is 0 Å². The van der Waals surface area contributed by atoms with Gasteiger partial charge in [-0.05, 0) is 26.0 Å². The molecule has 2 rings (SSSR count). The topological polar surface area (TPSA) is 21.3 Å². The van der Waals surface area contributed by atoms with Gasteiger partial charge in [-0.1, -0.05) is 17.7 Å². The first-order valence-electron chi connectivity index (χ1n) is 4.79. The Bertz CT molecular complexity index is 296. The average Bonchev–Trinajstić information content (AvgIpc) is 2.08. The Balaban J connectivity index is 2.28. The third-order valence-corrected chi connectivity index (χ3v) is 2.29. The minimum Gasteiger partial charge on any atom is -0.493 e. The highest BCUT2D eigenvalue weighted by Gasteiger charge is 2.06. The predicted molar refractivity (Wildman–Crippen MR) is 53.0 cm³/mol. The van der Waals surface area contributed by atoms with Crippen molar-refractivity contribution in [2.45, 2.75) is 19.9 Å². The van der Waals surface area contributed by atoms with Crippen molar-refractivity contribution in [3.05, 3.63) is 29.3 Å². The molecule has 0 saturated carbocycles. The first kappa shape index (κ1) is 8.57. The highest BCUT2D eigenvalue weighted by Crippen LogP contribution is 2.20. The molecule has 0 saturated heterocycles. The number of hydrogen-bond acceptors (Lipinski definition) is 2. The van der Waals surface area contributed by atoms with Crippen LogP contribution in [-0.2, 0) is 6.54 Å². The van der Waals surface area contributed by atoms with Gasteiger partial charge in [0.25, 0.3) is 0 Å². The van der Waals surface area contributed by atoms with Gasteiger partial charge < -0.3 is 10.1 Å². The molecule has 0 amide bonds. The number of nitrogens with one attached hydrogen (secondary N) is 1. The molecule has 0 radical (unpaired) electrons. The molecule has 2 nitrogen and oxygen atoms in total. The van der Waals surface area contributed by atoms with E-state index in [-0.39, 0.29) is 0 Å². The highest BCUT2D eigenvalue weighted by atomic mass is 16.5. The molecule has 1 N–H and O–H groups in total. The zero-order valence-electron chi connectivity index (χ0n) is 7.97. The maximum Gasteiger partial charge on any atom is 0.123 e. The summed E-state index contributed by atoms with van der Waals surface area (Å²) in [5, 5.41) is 3.39. The van der Waals surface area contributed by atoms with Gasteiger partial charge >= 0.3 is 0 Å². The number of ether oxygens (including phenoxy) is 1. The van der Waals surface area contributed by atoms with Gasteiger partial charge in [-0.25, -0.2) is 0 Å². The summed E-state index contributed by atoms with van der Waals surface area (Å²) in [7, 11) is 0. The highest BCUT2D eigenvalue weighted by molar-refractivity contribution is 5.37. The molecule has 0 bridgehead atoms. The van der Waals surface area contributed by atoms with E-state index in [9.17, 15) is 0 Å². The van der Waals surface area contributed by atoms with Gasteiger partial charge in [-0.3, -0.25) is 0 Å². The molecule has 1 aromatic rings. The zero-order chi connectivity index (χ0) is 9.10. The molecule has 0 aliphatic carbocycles. The molecule has 1 aromatic carbocycles. The minimum atomic E-state index is 0.822. The summed E-state index contributed by atoms with van der Waals surface area (Å²) in [4.78, 5) is 0. The summed E-state index contributed by atoms with van der Waals surface area (Å²) in [5.74, 6) is 1.04. The van der Waals surface area contributed by atoms with Gasteiger partial charge in [-0.2, -0.15) is 0 Å². The van der Waals surface area contributed by atoms with E-state index in [4.69, 9.17) is 4.74 Å². The lowest BCUT2D eigenvalue weighted by Crippen LogP contribution is -2.20. The fraction of sp³-hybridized carbons (Fsp3) is 0.455. The number of fused-ring (bicyclic) bond motifs is 1. The summed E-state index contributed by atoms with van der Waals surface area (Å²) in [6, 6.07) is 6.35. The van der Waals surface area contributed by atoms with E-state index in [0.29, 0.717) is 0 Å². The van der Waals surface area contributed by atoms with Gasteiger partial charge in [0.1, 0.15) is 5.75 Å². The Labute approximate surface area is 78.9 Å². The normalized spacial score (nSPS) is 16.7. The SMILES string of the molecule is Cc1ccc2c(c1)CNCCCO2. The second kappa shape index (κ2) is 3.79. The molecule has 0 atom stereocenters. The van der Waals surface area contributed by atoms with Gasteiger partial charge in [0.2, 0.25) is 0 Å². The van der Waals surface area contributed by atoms with Crippen LogP contribution < -0.4 is 10.1 Å². The van der Waals surface area contributed by atoms with Crippen LogP contribution in [0.15, 0.2) is 18.2 Å². The minimum absolute atomic E-state index is 0.822. The van der Waals surface area contributed by atoms with Crippen LogP contribution in [0, 0.1) is 6.92 Å². The zero-order valence-corrected chi connectivity index (χ0v) is 7.97. The van der Waals surface area contributed by atoms with Crippen LogP contribution in [0.4, 0.5) is 0 Å². The van der Waals surface area contributed by atoms with E-state index in [0.717, 1.165) is 31.9 Å². The van der Waals surface area contributed by atoms with Crippen molar-refractivity contribution in [3.8, 4) is 5.75 Å². The lowest BCUT2D eigenvalue weighted by molar-refractivity contribution is 0.295. The summed E-state index contributed by atoms with van der Waals surface area (Å²) < 4.78 is 5.64. The molecule has 1 heterocycles. The van der Waals surface area contributed by atoms with Crippen LogP contribution in [0.3, 0.4) is 0 Å². The van der Waals surface area contributed by atoms with Gasteiger partial charge in [0, 0.05) is 12.1 Å².